The van der Waals surface area contributed by atoms with Gasteiger partial charge in [-0.1, -0.05) is 60.7 Å². The highest BCUT2D eigenvalue weighted by atomic mass is 16.5. The monoisotopic (exact) mass is 370 g/mol. The molecule has 2 aromatic carbocycles. The van der Waals surface area contributed by atoms with Crippen molar-refractivity contribution in [2.75, 3.05) is 13.2 Å². The maximum Gasteiger partial charge on any atom is 0.407 e. The number of aryl methyl sites for hydroxylation is 1. The lowest BCUT2D eigenvalue weighted by Crippen LogP contribution is -2.26. The number of alkyl carbamates (subject to hydrolysis) is 1. The Balaban J connectivity index is 1.34. The van der Waals surface area contributed by atoms with Crippen LogP contribution in [0.2, 0.25) is 0 Å². The van der Waals surface area contributed by atoms with Gasteiger partial charge in [-0.2, -0.15) is 0 Å². The van der Waals surface area contributed by atoms with Crippen LogP contribution in [0.15, 0.2) is 72.8 Å². The van der Waals surface area contributed by atoms with Crippen LogP contribution in [-0.4, -0.2) is 24.2 Å². The minimum absolute atomic E-state index is 0.0742. The predicted octanol–water partition coefficient (Wildman–Crippen LogP) is 4.94. The summed E-state index contributed by atoms with van der Waals surface area (Å²) in [7, 11) is 0. The highest BCUT2D eigenvalue weighted by Gasteiger charge is 2.28. The molecule has 1 aliphatic rings. The molecule has 0 fully saturated rings. The molecule has 28 heavy (non-hydrogen) atoms. The number of nitrogens with one attached hydrogen (secondary N) is 1. The van der Waals surface area contributed by atoms with Crippen LogP contribution < -0.4 is 5.32 Å². The SMILES string of the molecule is Cc1cccc(C=CCNC(=O)OCC2c3ccccc3-c3ccccc32)n1. The first-order chi connectivity index (χ1) is 13.7. The molecular formula is C24H22N2O2. The highest BCUT2D eigenvalue weighted by molar-refractivity contribution is 5.79. The average Bonchev–Trinajstić information content (AvgIpc) is 3.04. The second-order valence-corrected chi connectivity index (χ2v) is 6.81. The summed E-state index contributed by atoms with van der Waals surface area (Å²) < 4.78 is 5.51. The minimum atomic E-state index is -0.413. The number of amides is 1. The number of carbonyl (C=O) groups is 1. The normalized spacial score (nSPS) is 12.6. The van der Waals surface area contributed by atoms with E-state index in [1.54, 1.807) is 0 Å². The second kappa shape index (κ2) is 8.09. The number of rotatable bonds is 5. The zero-order valence-electron chi connectivity index (χ0n) is 15.8. The molecule has 0 unspecified atom stereocenters. The summed E-state index contributed by atoms with van der Waals surface area (Å²) in [6.45, 7) is 2.67. The van der Waals surface area contributed by atoms with E-state index in [9.17, 15) is 4.79 Å². The van der Waals surface area contributed by atoms with Gasteiger partial charge in [-0.3, -0.25) is 4.98 Å². The molecule has 4 heteroatoms. The zero-order chi connectivity index (χ0) is 19.3. The maximum absolute atomic E-state index is 12.1. The smallest absolute Gasteiger partial charge is 0.407 e. The molecule has 0 saturated carbocycles. The number of pyridine rings is 1. The summed E-state index contributed by atoms with van der Waals surface area (Å²) in [6.07, 6.45) is 3.34. The van der Waals surface area contributed by atoms with E-state index in [4.69, 9.17) is 4.74 Å². The molecule has 4 nitrogen and oxygen atoms in total. The Morgan fingerprint density at radius 2 is 1.68 bits per heavy atom. The van der Waals surface area contributed by atoms with Crippen molar-refractivity contribution in [3.63, 3.8) is 0 Å². The van der Waals surface area contributed by atoms with E-state index in [0.29, 0.717) is 13.2 Å². The van der Waals surface area contributed by atoms with Crippen LogP contribution in [0.5, 0.6) is 0 Å². The van der Waals surface area contributed by atoms with E-state index in [1.165, 1.54) is 22.3 Å². The quantitative estimate of drug-likeness (QED) is 0.692. The number of aromatic nitrogens is 1. The second-order valence-electron chi connectivity index (χ2n) is 6.81. The summed E-state index contributed by atoms with van der Waals surface area (Å²) in [5, 5.41) is 2.76. The van der Waals surface area contributed by atoms with Gasteiger partial charge in [0.15, 0.2) is 0 Å². The standard InChI is InChI=1S/C24H22N2O2/c1-17-8-6-9-18(26-17)10-7-15-25-24(27)28-16-23-21-13-4-2-11-19(21)20-12-3-5-14-22(20)23/h2-14,23H,15-16H2,1H3,(H,25,27). The first-order valence-electron chi connectivity index (χ1n) is 9.41. The van der Waals surface area contributed by atoms with Crippen LogP contribution in [0.3, 0.4) is 0 Å². The van der Waals surface area contributed by atoms with Crippen molar-refractivity contribution < 1.29 is 9.53 Å². The molecule has 0 bridgehead atoms. The van der Waals surface area contributed by atoms with Crippen LogP contribution in [-0.2, 0) is 4.74 Å². The number of carbonyl (C=O) groups excluding carboxylic acids is 1. The Hall–Kier alpha value is -3.40. The summed E-state index contributed by atoms with van der Waals surface area (Å²) in [5.74, 6) is 0.0742. The van der Waals surface area contributed by atoms with Crippen LogP contribution in [0.25, 0.3) is 17.2 Å². The molecule has 0 atom stereocenters. The van der Waals surface area contributed by atoms with Gasteiger partial charge in [-0.25, -0.2) is 4.79 Å². The van der Waals surface area contributed by atoms with Crippen LogP contribution >= 0.6 is 0 Å². The Bertz CT molecular complexity index is 981. The molecule has 1 aliphatic carbocycles. The Kier molecular flexibility index (Phi) is 5.20. The van der Waals surface area contributed by atoms with Gasteiger partial charge < -0.3 is 10.1 Å². The molecule has 4 rings (SSSR count). The number of hydrogen-bond acceptors (Lipinski definition) is 3. The third-order valence-corrected chi connectivity index (χ3v) is 4.91. The van der Waals surface area contributed by atoms with Gasteiger partial charge in [0.2, 0.25) is 0 Å². The number of ether oxygens (including phenoxy) is 1. The highest BCUT2D eigenvalue weighted by Crippen LogP contribution is 2.44. The molecule has 0 spiro atoms. The molecule has 140 valence electrons. The fraction of sp³-hybridized carbons (Fsp3) is 0.167. The van der Waals surface area contributed by atoms with E-state index >= 15 is 0 Å². The largest absolute Gasteiger partial charge is 0.449 e. The summed E-state index contributed by atoms with van der Waals surface area (Å²) in [6, 6.07) is 22.4. The number of fused-ring (bicyclic) bond motifs is 3. The number of benzene rings is 2. The molecule has 0 saturated heterocycles. The van der Waals surface area contributed by atoms with Gasteiger partial charge in [0, 0.05) is 18.2 Å². The minimum Gasteiger partial charge on any atom is -0.449 e. The van der Waals surface area contributed by atoms with Gasteiger partial charge in [-0.15, -0.1) is 0 Å². The Morgan fingerprint density at radius 1 is 1.00 bits per heavy atom. The van der Waals surface area contributed by atoms with E-state index in [1.807, 2.05) is 61.5 Å². The lowest BCUT2D eigenvalue weighted by molar-refractivity contribution is 0.144. The first kappa shape index (κ1) is 18.0. The average molecular weight is 370 g/mol. The van der Waals surface area contributed by atoms with Crippen LogP contribution in [0.4, 0.5) is 4.79 Å². The fourth-order valence-corrected chi connectivity index (χ4v) is 3.63. The lowest BCUT2D eigenvalue weighted by Gasteiger charge is -2.14. The zero-order valence-corrected chi connectivity index (χ0v) is 15.8. The van der Waals surface area contributed by atoms with Gasteiger partial charge in [0.05, 0.1) is 5.69 Å². The van der Waals surface area contributed by atoms with Crippen molar-refractivity contribution >= 4 is 12.2 Å². The van der Waals surface area contributed by atoms with Crippen molar-refractivity contribution in [3.05, 3.63) is 95.3 Å². The molecule has 1 heterocycles. The molecule has 1 aromatic heterocycles. The van der Waals surface area contributed by atoms with Gasteiger partial charge >= 0.3 is 6.09 Å². The van der Waals surface area contributed by atoms with Crippen molar-refractivity contribution in [1.29, 1.82) is 0 Å². The van der Waals surface area contributed by atoms with Gasteiger partial charge in [0.25, 0.3) is 0 Å². The lowest BCUT2D eigenvalue weighted by atomic mass is 9.98. The molecule has 1 N–H and O–H groups in total. The predicted molar refractivity (Wildman–Crippen MR) is 111 cm³/mol. The van der Waals surface area contributed by atoms with E-state index < -0.39 is 6.09 Å². The number of nitrogens with zero attached hydrogens (tertiary/aromatic N) is 1. The number of hydrogen-bond donors (Lipinski definition) is 1. The van der Waals surface area contributed by atoms with E-state index in [-0.39, 0.29) is 5.92 Å². The summed E-state index contributed by atoms with van der Waals surface area (Å²) >= 11 is 0. The van der Waals surface area contributed by atoms with Crippen molar-refractivity contribution in [1.82, 2.24) is 10.3 Å². The summed E-state index contributed by atoms with van der Waals surface area (Å²) in [5.41, 5.74) is 6.70. The fourth-order valence-electron chi connectivity index (χ4n) is 3.63. The molecule has 0 radical (unpaired) electrons. The van der Waals surface area contributed by atoms with Crippen LogP contribution in [0, 0.1) is 6.92 Å². The third-order valence-electron chi connectivity index (χ3n) is 4.91. The van der Waals surface area contributed by atoms with Gasteiger partial charge in [-0.05, 0) is 47.4 Å². The van der Waals surface area contributed by atoms with Gasteiger partial charge in [0.1, 0.15) is 6.61 Å². The summed E-state index contributed by atoms with van der Waals surface area (Å²) in [4.78, 5) is 16.5. The van der Waals surface area contributed by atoms with E-state index in [0.717, 1.165) is 11.4 Å². The van der Waals surface area contributed by atoms with Crippen LogP contribution in [0.1, 0.15) is 28.4 Å². The molecular weight excluding hydrogens is 348 g/mol. The van der Waals surface area contributed by atoms with Crippen molar-refractivity contribution in [3.8, 4) is 11.1 Å². The maximum atomic E-state index is 12.1. The van der Waals surface area contributed by atoms with E-state index in [2.05, 4.69) is 34.6 Å². The Morgan fingerprint density at radius 3 is 2.36 bits per heavy atom. The van der Waals surface area contributed by atoms with Crippen molar-refractivity contribution in [2.45, 2.75) is 12.8 Å². The Labute approximate surface area is 164 Å². The first-order valence-corrected chi connectivity index (χ1v) is 9.41. The van der Waals surface area contributed by atoms with Crippen molar-refractivity contribution in [2.24, 2.45) is 0 Å². The third kappa shape index (κ3) is 3.81. The topological polar surface area (TPSA) is 51.2 Å². The molecule has 3 aromatic rings. The molecule has 1 amide bonds. The molecule has 0 aliphatic heterocycles.